The van der Waals surface area contributed by atoms with Gasteiger partial charge in [0.25, 0.3) is 0 Å². The Balaban J connectivity index is 1.37. The lowest BCUT2D eigenvalue weighted by Crippen LogP contribution is -2.32. The standard InChI is InChI=1S/C23H27N5O3S2/c1-18-15-21(28(26-18)19-9-5-4-6-10-19)25-22(29)17-32-23-12-11-20(16-24-23)33(30,31)27-13-7-2-3-8-14-27/h4-6,9-12,15-16H,2-3,7-8,13-14,17H2,1H3,(H,25,29). The topological polar surface area (TPSA) is 97.2 Å². The summed E-state index contributed by atoms with van der Waals surface area (Å²) in [5.41, 5.74) is 1.65. The number of amides is 1. The smallest absolute Gasteiger partial charge is 0.244 e. The first kappa shape index (κ1) is 23.5. The first-order valence-electron chi connectivity index (χ1n) is 10.9. The molecule has 3 heterocycles. The van der Waals surface area contributed by atoms with Crippen molar-refractivity contribution in [2.75, 3.05) is 24.2 Å². The number of nitrogens with zero attached hydrogens (tertiary/aromatic N) is 4. The molecule has 1 aliphatic rings. The Morgan fingerprint density at radius 1 is 1.06 bits per heavy atom. The van der Waals surface area contributed by atoms with E-state index >= 15 is 0 Å². The van der Waals surface area contributed by atoms with E-state index in [9.17, 15) is 13.2 Å². The molecule has 2 aromatic heterocycles. The van der Waals surface area contributed by atoms with Gasteiger partial charge in [-0.3, -0.25) is 4.79 Å². The number of aromatic nitrogens is 3. The van der Waals surface area contributed by atoms with Crippen molar-refractivity contribution in [1.29, 1.82) is 0 Å². The normalized spacial score (nSPS) is 15.2. The third kappa shape index (κ3) is 5.82. The molecular formula is C23H27N5O3S2. The van der Waals surface area contributed by atoms with Crippen LogP contribution in [-0.4, -0.2) is 52.2 Å². The molecule has 0 aliphatic carbocycles. The van der Waals surface area contributed by atoms with Crippen LogP contribution in [0.5, 0.6) is 0 Å². The average Bonchev–Trinajstić information content (AvgIpc) is 3.01. The minimum absolute atomic E-state index is 0.143. The van der Waals surface area contributed by atoms with E-state index in [1.807, 2.05) is 43.3 Å². The quantitative estimate of drug-likeness (QED) is 0.510. The van der Waals surface area contributed by atoms with Crippen LogP contribution in [-0.2, 0) is 14.8 Å². The first-order chi connectivity index (χ1) is 15.9. The van der Waals surface area contributed by atoms with Gasteiger partial charge in [0.05, 0.1) is 22.2 Å². The van der Waals surface area contributed by atoms with Crippen molar-refractivity contribution in [2.45, 2.75) is 42.5 Å². The summed E-state index contributed by atoms with van der Waals surface area (Å²) in [5.74, 6) is 0.542. The third-order valence-corrected chi connectivity index (χ3v) is 8.19. The van der Waals surface area contributed by atoms with Crippen molar-refractivity contribution < 1.29 is 13.2 Å². The molecule has 10 heteroatoms. The predicted molar refractivity (Wildman–Crippen MR) is 129 cm³/mol. The van der Waals surface area contributed by atoms with E-state index < -0.39 is 10.0 Å². The number of pyridine rings is 1. The Labute approximate surface area is 198 Å². The first-order valence-corrected chi connectivity index (χ1v) is 13.4. The molecule has 1 saturated heterocycles. The molecule has 3 aromatic rings. The fourth-order valence-corrected chi connectivity index (χ4v) is 5.81. The van der Waals surface area contributed by atoms with Crippen molar-refractivity contribution in [3.63, 3.8) is 0 Å². The Kier molecular flexibility index (Phi) is 7.46. The highest BCUT2D eigenvalue weighted by Crippen LogP contribution is 2.23. The van der Waals surface area contributed by atoms with E-state index in [-0.39, 0.29) is 16.6 Å². The molecule has 1 amide bonds. The molecule has 8 nitrogen and oxygen atoms in total. The molecule has 1 fully saturated rings. The number of hydrogen-bond donors (Lipinski definition) is 1. The molecule has 0 atom stereocenters. The zero-order chi connectivity index (χ0) is 23.3. The highest BCUT2D eigenvalue weighted by molar-refractivity contribution is 7.99. The highest BCUT2D eigenvalue weighted by Gasteiger charge is 2.25. The molecule has 0 radical (unpaired) electrons. The Morgan fingerprint density at radius 3 is 2.45 bits per heavy atom. The number of nitrogens with one attached hydrogen (secondary N) is 1. The maximum atomic E-state index is 12.9. The number of aryl methyl sites for hydroxylation is 1. The van der Waals surface area contributed by atoms with Crippen LogP contribution in [0, 0.1) is 6.92 Å². The molecule has 1 aliphatic heterocycles. The number of carbonyl (C=O) groups excluding carboxylic acids is 1. The van der Waals surface area contributed by atoms with Crippen molar-refractivity contribution in [2.24, 2.45) is 0 Å². The van der Waals surface area contributed by atoms with Crippen LogP contribution in [0.1, 0.15) is 31.4 Å². The van der Waals surface area contributed by atoms with Gasteiger partial charge in [-0.25, -0.2) is 18.1 Å². The van der Waals surface area contributed by atoms with Gasteiger partial charge in [0.15, 0.2) is 0 Å². The van der Waals surface area contributed by atoms with E-state index in [0.29, 0.717) is 23.9 Å². The third-order valence-electron chi connectivity index (χ3n) is 5.36. The second-order valence-corrected chi connectivity index (χ2v) is 10.8. The van der Waals surface area contributed by atoms with Gasteiger partial charge in [-0.1, -0.05) is 42.8 Å². The number of hydrogen-bond acceptors (Lipinski definition) is 6. The van der Waals surface area contributed by atoms with E-state index in [1.54, 1.807) is 21.1 Å². The van der Waals surface area contributed by atoms with Crippen molar-refractivity contribution in [3.8, 4) is 5.69 Å². The van der Waals surface area contributed by atoms with Crippen LogP contribution in [0.2, 0.25) is 0 Å². The molecule has 0 saturated carbocycles. The van der Waals surface area contributed by atoms with Crippen LogP contribution in [0.25, 0.3) is 5.69 Å². The summed E-state index contributed by atoms with van der Waals surface area (Å²) in [7, 11) is -3.53. The van der Waals surface area contributed by atoms with Gasteiger partial charge in [0.1, 0.15) is 10.7 Å². The van der Waals surface area contributed by atoms with Crippen molar-refractivity contribution >= 4 is 33.5 Å². The monoisotopic (exact) mass is 485 g/mol. The van der Waals surface area contributed by atoms with Crippen molar-refractivity contribution in [3.05, 3.63) is 60.4 Å². The second-order valence-electron chi connectivity index (χ2n) is 7.91. The lowest BCUT2D eigenvalue weighted by molar-refractivity contribution is -0.113. The number of anilines is 1. The SMILES string of the molecule is Cc1cc(NC(=O)CSc2ccc(S(=O)(=O)N3CCCCCC3)cn2)n(-c2ccccc2)n1. The number of thioether (sulfide) groups is 1. The molecule has 174 valence electrons. The van der Waals surface area contributed by atoms with Crippen LogP contribution >= 0.6 is 11.8 Å². The second kappa shape index (κ2) is 10.5. The van der Waals surface area contributed by atoms with Gasteiger partial charge >= 0.3 is 0 Å². The van der Waals surface area contributed by atoms with E-state index in [0.717, 1.165) is 37.1 Å². The summed E-state index contributed by atoms with van der Waals surface area (Å²) in [6, 6.07) is 14.6. The molecule has 1 N–H and O–H groups in total. The van der Waals surface area contributed by atoms with E-state index in [4.69, 9.17) is 0 Å². The molecular weight excluding hydrogens is 458 g/mol. The zero-order valence-electron chi connectivity index (χ0n) is 18.5. The summed E-state index contributed by atoms with van der Waals surface area (Å²) in [6.07, 6.45) is 5.28. The summed E-state index contributed by atoms with van der Waals surface area (Å²) in [6.45, 7) is 2.98. The predicted octanol–water partition coefficient (Wildman–Crippen LogP) is 3.87. The molecule has 0 spiro atoms. The van der Waals surface area contributed by atoms with E-state index in [2.05, 4.69) is 15.4 Å². The van der Waals surface area contributed by atoms with Gasteiger partial charge in [0, 0.05) is 25.4 Å². The number of benzene rings is 1. The number of carbonyl (C=O) groups is 1. The minimum Gasteiger partial charge on any atom is -0.310 e. The van der Waals surface area contributed by atoms with Gasteiger partial charge < -0.3 is 5.32 Å². The van der Waals surface area contributed by atoms with Crippen LogP contribution in [0.4, 0.5) is 5.82 Å². The number of rotatable bonds is 7. The summed E-state index contributed by atoms with van der Waals surface area (Å²) >= 11 is 1.25. The number of para-hydroxylation sites is 1. The largest absolute Gasteiger partial charge is 0.310 e. The Hall–Kier alpha value is -2.69. The molecule has 4 rings (SSSR count). The summed E-state index contributed by atoms with van der Waals surface area (Å²) in [5, 5.41) is 7.94. The van der Waals surface area contributed by atoms with Gasteiger partial charge in [-0.2, -0.15) is 9.40 Å². The maximum absolute atomic E-state index is 12.9. The Morgan fingerprint density at radius 2 is 1.79 bits per heavy atom. The maximum Gasteiger partial charge on any atom is 0.244 e. The van der Waals surface area contributed by atoms with Crippen molar-refractivity contribution in [1.82, 2.24) is 19.1 Å². The lowest BCUT2D eigenvalue weighted by atomic mass is 10.2. The van der Waals surface area contributed by atoms with Crippen LogP contribution in [0.15, 0.2) is 64.6 Å². The average molecular weight is 486 g/mol. The summed E-state index contributed by atoms with van der Waals surface area (Å²) < 4.78 is 29.0. The molecule has 0 unspecified atom stereocenters. The fourth-order valence-electron chi connectivity index (χ4n) is 3.71. The lowest BCUT2D eigenvalue weighted by Gasteiger charge is -2.19. The molecule has 1 aromatic carbocycles. The minimum atomic E-state index is -3.53. The van der Waals surface area contributed by atoms with Crippen LogP contribution in [0.3, 0.4) is 0 Å². The van der Waals surface area contributed by atoms with E-state index in [1.165, 1.54) is 18.0 Å². The zero-order valence-corrected chi connectivity index (χ0v) is 20.1. The van der Waals surface area contributed by atoms with Crippen LogP contribution < -0.4 is 5.32 Å². The molecule has 0 bridgehead atoms. The number of sulfonamides is 1. The Bertz CT molecular complexity index is 1190. The summed E-state index contributed by atoms with van der Waals surface area (Å²) in [4.78, 5) is 17.0. The fraction of sp³-hybridized carbons (Fsp3) is 0.348. The van der Waals surface area contributed by atoms with Gasteiger partial charge in [-0.15, -0.1) is 0 Å². The highest BCUT2D eigenvalue weighted by atomic mass is 32.2. The molecule has 33 heavy (non-hydrogen) atoms. The van der Waals surface area contributed by atoms with Gasteiger partial charge in [0.2, 0.25) is 15.9 Å². The van der Waals surface area contributed by atoms with Gasteiger partial charge in [-0.05, 0) is 44.0 Å².